The first-order valence-electron chi connectivity index (χ1n) is 12.2. The molecule has 1 N–H and O–H groups in total. The third-order valence-corrected chi connectivity index (χ3v) is 7.08. The van der Waals surface area contributed by atoms with E-state index in [1.165, 1.54) is 5.69 Å². The van der Waals surface area contributed by atoms with Crippen LogP contribution in [0.3, 0.4) is 0 Å². The smallest absolute Gasteiger partial charge is 0.210 e. The maximum Gasteiger partial charge on any atom is 0.210 e. The minimum atomic E-state index is -0.0498. The van der Waals surface area contributed by atoms with Gasteiger partial charge >= 0.3 is 0 Å². The lowest BCUT2D eigenvalue weighted by molar-refractivity contribution is 0.366. The lowest BCUT2D eigenvalue weighted by Gasteiger charge is -2.23. The van der Waals surface area contributed by atoms with Crippen molar-refractivity contribution in [1.29, 1.82) is 0 Å². The van der Waals surface area contributed by atoms with E-state index in [1.54, 1.807) is 35.4 Å². The topological polar surface area (TPSA) is 103 Å². The molecule has 1 fully saturated rings. The van der Waals surface area contributed by atoms with Crippen LogP contribution in [-0.2, 0) is 12.5 Å². The van der Waals surface area contributed by atoms with E-state index in [0.29, 0.717) is 45.3 Å². The molecule has 192 valence electrons. The summed E-state index contributed by atoms with van der Waals surface area (Å²) in [5.41, 5.74) is 2.98. The molecular weight excluding hydrogens is 492 g/mol. The monoisotopic (exact) mass is 520 g/mol. The molecule has 0 saturated carbocycles. The van der Waals surface area contributed by atoms with Crippen LogP contribution >= 0.6 is 11.6 Å². The molecule has 0 spiro atoms. The number of likely N-dealkylation sites (tertiary alicyclic amines) is 1. The second-order valence-electron chi connectivity index (χ2n) is 10.6. The van der Waals surface area contributed by atoms with Crippen LogP contribution in [0, 0.1) is 0 Å². The Bertz CT molecular complexity index is 1610. The van der Waals surface area contributed by atoms with Crippen molar-refractivity contribution in [2.75, 3.05) is 25.5 Å². The third-order valence-electron chi connectivity index (χ3n) is 6.72. The Balaban J connectivity index is 1.32. The number of nitrogens with zero attached hydrogens (tertiary/aromatic N) is 9. The Morgan fingerprint density at radius 3 is 2.73 bits per heavy atom. The summed E-state index contributed by atoms with van der Waals surface area (Å²) in [5, 5.41) is 13.0. The van der Waals surface area contributed by atoms with Crippen molar-refractivity contribution >= 4 is 40.2 Å². The van der Waals surface area contributed by atoms with E-state index in [9.17, 15) is 0 Å². The molecule has 1 saturated heterocycles. The van der Waals surface area contributed by atoms with E-state index >= 15 is 0 Å². The van der Waals surface area contributed by atoms with Crippen LogP contribution in [0.25, 0.3) is 16.8 Å². The minimum Gasteiger partial charge on any atom is -0.452 e. The number of aryl methyl sites for hydroxylation is 1. The van der Waals surface area contributed by atoms with Gasteiger partial charge in [0.1, 0.15) is 10.5 Å². The molecule has 0 aromatic carbocycles. The van der Waals surface area contributed by atoms with Crippen molar-refractivity contribution in [3.05, 3.63) is 47.6 Å². The zero-order valence-electron chi connectivity index (χ0n) is 21.5. The maximum absolute atomic E-state index is 6.78. The number of pyridine rings is 1. The summed E-state index contributed by atoms with van der Waals surface area (Å²) in [4.78, 5) is 15.8. The number of nitrogens with one attached hydrogen (secondary N) is 1. The average Bonchev–Trinajstić information content (AvgIpc) is 3.62. The summed E-state index contributed by atoms with van der Waals surface area (Å²) in [7, 11) is 4.04. The molecule has 0 amide bonds. The molecule has 1 atom stereocenters. The van der Waals surface area contributed by atoms with Crippen LogP contribution in [0.4, 0.5) is 11.8 Å². The van der Waals surface area contributed by atoms with Crippen LogP contribution in [0.15, 0.2) is 36.9 Å². The Labute approximate surface area is 219 Å². The summed E-state index contributed by atoms with van der Waals surface area (Å²) in [5.74, 6) is 2.26. The molecule has 5 aromatic heterocycles. The van der Waals surface area contributed by atoms with Gasteiger partial charge in [0.05, 0.1) is 18.4 Å². The molecule has 6 rings (SSSR count). The third kappa shape index (κ3) is 4.27. The van der Waals surface area contributed by atoms with Gasteiger partial charge in [-0.3, -0.25) is 4.68 Å². The first kappa shape index (κ1) is 23.7. The predicted molar refractivity (Wildman–Crippen MR) is 142 cm³/mol. The summed E-state index contributed by atoms with van der Waals surface area (Å²) in [6, 6.07) is 4.25. The molecule has 1 unspecified atom stereocenters. The average molecular weight is 521 g/mol. The molecule has 0 radical (unpaired) electrons. The van der Waals surface area contributed by atoms with Gasteiger partial charge in [0.25, 0.3) is 0 Å². The second-order valence-corrected chi connectivity index (χ2v) is 10.9. The lowest BCUT2D eigenvalue weighted by atomic mass is 9.91. The number of ether oxygens (including phenoxy) is 1. The Morgan fingerprint density at radius 1 is 1.14 bits per heavy atom. The number of imidazole rings is 2. The molecule has 1 aliphatic heterocycles. The van der Waals surface area contributed by atoms with Gasteiger partial charge in [-0.05, 0) is 20.0 Å². The number of hydrogen-bond acceptors (Lipinski definition) is 8. The van der Waals surface area contributed by atoms with Crippen molar-refractivity contribution < 1.29 is 4.74 Å². The minimum absolute atomic E-state index is 0.0498. The van der Waals surface area contributed by atoms with Crippen LogP contribution < -0.4 is 10.1 Å². The quantitative estimate of drug-likeness (QED) is 0.359. The van der Waals surface area contributed by atoms with Gasteiger partial charge in [-0.15, -0.1) is 0 Å². The standard InChI is InChI=1S/C25H29ClN10O/c1-25(2,3)18-11-19(32-36(18)15-6-8-33(4)14-15)30-24-31-23-22(34(24)5)21(26)17(13-28-23)37-16-10-20-27-7-9-35(20)29-12-16/h7,9-13,15H,6,8,14H2,1-5H3,(H,28,30,31,32). The molecule has 6 heterocycles. The van der Waals surface area contributed by atoms with Crippen molar-refractivity contribution in [3.63, 3.8) is 0 Å². The highest BCUT2D eigenvalue weighted by Crippen LogP contribution is 2.36. The fraction of sp³-hybridized carbons (Fsp3) is 0.400. The highest BCUT2D eigenvalue weighted by molar-refractivity contribution is 6.36. The fourth-order valence-corrected chi connectivity index (χ4v) is 5.09. The molecule has 5 aromatic rings. The second kappa shape index (κ2) is 8.70. The van der Waals surface area contributed by atoms with Crippen LogP contribution in [0.1, 0.15) is 38.9 Å². The van der Waals surface area contributed by atoms with Crippen molar-refractivity contribution in [3.8, 4) is 11.5 Å². The molecular formula is C25H29ClN10O. The number of fused-ring (bicyclic) bond motifs is 2. The highest BCUT2D eigenvalue weighted by atomic mass is 35.5. The van der Waals surface area contributed by atoms with Crippen molar-refractivity contribution in [2.45, 2.75) is 38.6 Å². The van der Waals surface area contributed by atoms with Gasteiger partial charge in [0, 0.05) is 49.2 Å². The van der Waals surface area contributed by atoms with E-state index in [-0.39, 0.29) is 5.41 Å². The van der Waals surface area contributed by atoms with Gasteiger partial charge < -0.3 is 19.5 Å². The normalized spacial score (nSPS) is 16.8. The Kier molecular flexibility index (Phi) is 5.57. The van der Waals surface area contributed by atoms with Crippen LogP contribution in [0.5, 0.6) is 11.5 Å². The number of aromatic nitrogens is 8. The molecule has 1 aliphatic rings. The molecule has 12 heteroatoms. The summed E-state index contributed by atoms with van der Waals surface area (Å²) >= 11 is 6.78. The first-order chi connectivity index (χ1) is 17.7. The van der Waals surface area contributed by atoms with Crippen LogP contribution in [-0.4, -0.2) is 64.0 Å². The summed E-state index contributed by atoms with van der Waals surface area (Å²) < 4.78 is 11.7. The lowest BCUT2D eigenvalue weighted by Crippen LogP contribution is -2.24. The number of hydrogen-bond donors (Lipinski definition) is 1. The van der Waals surface area contributed by atoms with E-state index in [1.807, 2.05) is 11.6 Å². The Morgan fingerprint density at radius 2 is 1.97 bits per heavy atom. The summed E-state index contributed by atoms with van der Waals surface area (Å²) in [6.45, 7) is 8.69. The van der Waals surface area contributed by atoms with Crippen molar-refractivity contribution in [1.82, 2.24) is 43.8 Å². The van der Waals surface area contributed by atoms with E-state index in [0.717, 1.165) is 25.3 Å². The molecule has 37 heavy (non-hydrogen) atoms. The zero-order valence-corrected chi connectivity index (χ0v) is 22.2. The largest absolute Gasteiger partial charge is 0.452 e. The van der Waals surface area contributed by atoms with Crippen molar-refractivity contribution in [2.24, 2.45) is 7.05 Å². The fourth-order valence-electron chi connectivity index (χ4n) is 4.79. The molecule has 11 nitrogen and oxygen atoms in total. The van der Waals surface area contributed by atoms with Crippen LogP contribution in [0.2, 0.25) is 5.02 Å². The maximum atomic E-state index is 6.78. The first-order valence-corrected chi connectivity index (χ1v) is 12.6. The number of halogens is 1. The number of likely N-dealkylation sites (N-methyl/N-ethyl adjacent to an activating group) is 1. The number of rotatable bonds is 5. The highest BCUT2D eigenvalue weighted by Gasteiger charge is 2.29. The van der Waals surface area contributed by atoms with E-state index in [4.69, 9.17) is 21.4 Å². The predicted octanol–water partition coefficient (Wildman–Crippen LogP) is 4.57. The van der Waals surface area contributed by atoms with E-state index < -0.39 is 0 Å². The van der Waals surface area contributed by atoms with Gasteiger partial charge in [-0.2, -0.15) is 15.2 Å². The van der Waals surface area contributed by atoms with Gasteiger partial charge in [0.15, 0.2) is 28.6 Å². The summed E-state index contributed by atoms with van der Waals surface area (Å²) in [6.07, 6.45) is 7.70. The molecule has 0 aliphatic carbocycles. The van der Waals surface area contributed by atoms with Gasteiger partial charge in [-0.1, -0.05) is 32.4 Å². The Hall–Kier alpha value is -3.70. The SMILES string of the molecule is CN1CCC(n2nc(Nc3nc4ncc(Oc5cnn6ccnc6c5)c(Cl)c4n3C)cc2C(C)(C)C)C1. The van der Waals surface area contributed by atoms with E-state index in [2.05, 4.69) is 68.8 Å². The van der Waals surface area contributed by atoms with Gasteiger partial charge in [-0.25, -0.2) is 14.5 Å². The zero-order chi connectivity index (χ0) is 25.9. The number of anilines is 2. The van der Waals surface area contributed by atoms with Gasteiger partial charge in [0.2, 0.25) is 5.95 Å². The molecule has 0 bridgehead atoms.